The molecule has 0 radical (unpaired) electrons. The molecule has 25 heavy (non-hydrogen) atoms. The molecule has 0 bridgehead atoms. The first-order chi connectivity index (χ1) is 11.6. The van der Waals surface area contributed by atoms with E-state index >= 15 is 0 Å². The summed E-state index contributed by atoms with van der Waals surface area (Å²) in [5, 5.41) is 18.5. The highest BCUT2D eigenvalue weighted by Crippen LogP contribution is 2.49. The highest BCUT2D eigenvalue weighted by Gasteiger charge is 2.73. The maximum absolute atomic E-state index is 12.8. The van der Waals surface area contributed by atoms with Crippen molar-refractivity contribution in [2.75, 3.05) is 0 Å². The zero-order valence-electron chi connectivity index (χ0n) is 14.0. The van der Waals surface area contributed by atoms with E-state index in [2.05, 4.69) is 0 Å². The number of nitrogens with zero attached hydrogens (tertiary/aromatic N) is 1. The highest BCUT2D eigenvalue weighted by molar-refractivity contribution is 7.93. The molecule has 136 valence electrons. The van der Waals surface area contributed by atoms with Gasteiger partial charge in [0.05, 0.1) is 16.8 Å². The van der Waals surface area contributed by atoms with Gasteiger partial charge < -0.3 is 15.1 Å². The molecule has 2 heterocycles. The van der Waals surface area contributed by atoms with Crippen LogP contribution in [0.15, 0.2) is 30.3 Å². The number of β-lactam (4-membered cyclic amide) rings is 1. The van der Waals surface area contributed by atoms with Crippen molar-refractivity contribution in [3.8, 4) is 0 Å². The third-order valence-electron chi connectivity index (χ3n) is 5.33. The Kier molecular flexibility index (Phi) is 4.15. The van der Waals surface area contributed by atoms with E-state index in [0.717, 1.165) is 10.5 Å². The number of carbonyl (C=O) groups is 2. The average molecular weight is 367 g/mol. The summed E-state index contributed by atoms with van der Waals surface area (Å²) in [7, 11) is -3.91. The van der Waals surface area contributed by atoms with Crippen molar-refractivity contribution in [3.05, 3.63) is 35.9 Å². The van der Waals surface area contributed by atoms with Gasteiger partial charge in [0.25, 0.3) is 0 Å². The predicted molar refractivity (Wildman–Crippen MR) is 89.3 cm³/mol. The first-order valence-electron chi connectivity index (χ1n) is 8.11. The van der Waals surface area contributed by atoms with Gasteiger partial charge in [-0.2, -0.15) is 0 Å². The Bertz CT molecular complexity index is 804. The number of carbonyl (C=O) groups excluding carboxylic acids is 1. The molecule has 0 saturated carbocycles. The van der Waals surface area contributed by atoms with Gasteiger partial charge in [-0.15, -0.1) is 0 Å². The van der Waals surface area contributed by atoms with Gasteiger partial charge in [0.2, 0.25) is 5.91 Å². The Morgan fingerprint density at radius 1 is 1.28 bits per heavy atom. The van der Waals surface area contributed by atoms with E-state index < -0.39 is 49.9 Å². The zero-order valence-corrected chi connectivity index (χ0v) is 14.8. The highest BCUT2D eigenvalue weighted by atomic mass is 32.2. The van der Waals surface area contributed by atoms with E-state index in [9.17, 15) is 28.2 Å². The number of carboxylic acids is 1. The van der Waals surface area contributed by atoms with Crippen LogP contribution < -0.4 is 0 Å². The maximum atomic E-state index is 12.8. The van der Waals surface area contributed by atoms with Gasteiger partial charge in [-0.1, -0.05) is 30.3 Å². The number of fused-ring (bicyclic) bond motifs is 1. The molecule has 1 aromatic carbocycles. The molecule has 0 aromatic heterocycles. The van der Waals surface area contributed by atoms with E-state index in [1.54, 1.807) is 0 Å². The first kappa shape index (κ1) is 17.9. The number of aliphatic carboxylic acids is 1. The lowest BCUT2D eigenvalue weighted by Gasteiger charge is -2.44. The molecule has 0 spiro atoms. The molecule has 2 aliphatic rings. The minimum Gasteiger partial charge on any atom is -0.480 e. The molecule has 8 heteroatoms. The number of rotatable bonds is 5. The summed E-state index contributed by atoms with van der Waals surface area (Å²) >= 11 is 0. The van der Waals surface area contributed by atoms with Crippen LogP contribution in [0.1, 0.15) is 25.8 Å². The number of aliphatic hydroxyl groups excluding tert-OH is 1. The summed E-state index contributed by atoms with van der Waals surface area (Å²) in [6, 6.07) is 7.94. The molecule has 4 atom stereocenters. The Morgan fingerprint density at radius 2 is 1.88 bits per heavy atom. The third kappa shape index (κ3) is 2.46. The normalized spacial score (nSPS) is 30.4. The molecule has 2 aliphatic heterocycles. The Morgan fingerprint density at radius 3 is 2.44 bits per heavy atom. The molecular formula is C17H21NO6S. The zero-order chi connectivity index (χ0) is 18.6. The Balaban J connectivity index is 1.81. The van der Waals surface area contributed by atoms with E-state index in [1.165, 1.54) is 13.8 Å². The standard InChI is InChI=1S/C17H21NO6S/c1-17(2)13(16(21)22)18-14(20)12(15(18)25(17,23)24)11(19)9-8-10-6-4-3-5-7-10/h3-7,11-13,15,19H,8-9H2,1-2H3,(H,21,22)/t11-,12+,13-,15+/m0/s1. The van der Waals surface area contributed by atoms with Crippen LogP contribution in [0.25, 0.3) is 0 Å². The van der Waals surface area contributed by atoms with Crippen molar-refractivity contribution >= 4 is 21.7 Å². The molecule has 1 amide bonds. The second-order valence-corrected chi connectivity index (χ2v) is 9.77. The lowest BCUT2D eigenvalue weighted by Crippen LogP contribution is -2.66. The fourth-order valence-corrected chi connectivity index (χ4v) is 6.19. The molecule has 0 aliphatic carbocycles. The number of benzene rings is 1. The van der Waals surface area contributed by atoms with Crippen molar-refractivity contribution < 1.29 is 28.2 Å². The van der Waals surface area contributed by atoms with E-state index in [1.807, 2.05) is 30.3 Å². The van der Waals surface area contributed by atoms with Crippen LogP contribution in [0.2, 0.25) is 0 Å². The summed E-state index contributed by atoms with van der Waals surface area (Å²) in [6.45, 7) is 2.64. The summed E-state index contributed by atoms with van der Waals surface area (Å²) in [4.78, 5) is 24.8. The van der Waals surface area contributed by atoms with Crippen LogP contribution in [0.4, 0.5) is 0 Å². The van der Waals surface area contributed by atoms with Crippen LogP contribution in [-0.4, -0.2) is 57.7 Å². The Labute approximate surface area is 146 Å². The lowest BCUT2D eigenvalue weighted by atomic mass is 9.85. The van der Waals surface area contributed by atoms with E-state index in [4.69, 9.17) is 0 Å². The number of hydrogen-bond donors (Lipinski definition) is 2. The Hall–Kier alpha value is -1.93. The lowest BCUT2D eigenvalue weighted by molar-refractivity contribution is -0.169. The predicted octanol–water partition coefficient (Wildman–Crippen LogP) is 0.425. The minimum atomic E-state index is -3.91. The number of carboxylic acid groups (broad SMARTS) is 1. The molecule has 2 saturated heterocycles. The first-order valence-corrected chi connectivity index (χ1v) is 9.65. The molecule has 2 N–H and O–H groups in total. The van der Waals surface area contributed by atoms with Gasteiger partial charge in [-0.25, -0.2) is 13.2 Å². The third-order valence-corrected chi connectivity index (χ3v) is 8.18. The smallest absolute Gasteiger partial charge is 0.328 e. The number of aryl methyl sites for hydroxylation is 1. The largest absolute Gasteiger partial charge is 0.480 e. The van der Waals surface area contributed by atoms with Crippen molar-refractivity contribution in [1.82, 2.24) is 4.90 Å². The van der Waals surface area contributed by atoms with Crippen LogP contribution in [0.3, 0.4) is 0 Å². The second kappa shape index (κ2) is 5.81. The topological polar surface area (TPSA) is 112 Å². The number of sulfone groups is 1. The van der Waals surface area contributed by atoms with E-state index in [-0.39, 0.29) is 6.42 Å². The van der Waals surface area contributed by atoms with Gasteiger partial charge in [0.15, 0.2) is 9.84 Å². The quantitative estimate of drug-likeness (QED) is 0.730. The number of aliphatic hydroxyl groups is 1. The van der Waals surface area contributed by atoms with E-state index in [0.29, 0.717) is 6.42 Å². The van der Waals surface area contributed by atoms with Crippen LogP contribution in [0, 0.1) is 5.92 Å². The van der Waals surface area contributed by atoms with Crippen molar-refractivity contribution in [2.24, 2.45) is 5.92 Å². The maximum Gasteiger partial charge on any atom is 0.328 e. The van der Waals surface area contributed by atoms with Crippen molar-refractivity contribution in [2.45, 2.75) is 49.0 Å². The number of hydrogen-bond acceptors (Lipinski definition) is 5. The fraction of sp³-hybridized carbons (Fsp3) is 0.529. The molecular weight excluding hydrogens is 346 g/mol. The molecule has 0 unspecified atom stereocenters. The molecule has 7 nitrogen and oxygen atoms in total. The van der Waals surface area contributed by atoms with Gasteiger partial charge in [0, 0.05) is 0 Å². The SMILES string of the molecule is CC1(C)[C@H](C(=O)O)N2C(=O)[C@@H]([C@@H](O)CCc3ccccc3)[C@H]2S1(=O)=O. The summed E-state index contributed by atoms with van der Waals surface area (Å²) in [6.07, 6.45) is -0.393. The molecule has 2 fully saturated rings. The molecule has 1 aromatic rings. The van der Waals surface area contributed by atoms with Gasteiger partial charge in [-0.05, 0) is 32.3 Å². The minimum absolute atomic E-state index is 0.235. The van der Waals surface area contributed by atoms with Crippen LogP contribution >= 0.6 is 0 Å². The summed E-state index contributed by atoms with van der Waals surface area (Å²) in [5.41, 5.74) is 0.975. The summed E-state index contributed by atoms with van der Waals surface area (Å²) < 4.78 is 23.9. The average Bonchev–Trinajstić information content (AvgIpc) is 2.68. The fourth-order valence-electron chi connectivity index (χ4n) is 3.84. The van der Waals surface area contributed by atoms with Crippen LogP contribution in [0.5, 0.6) is 0 Å². The second-order valence-electron chi connectivity index (χ2n) is 7.14. The van der Waals surface area contributed by atoms with Crippen LogP contribution in [-0.2, 0) is 25.8 Å². The van der Waals surface area contributed by atoms with Gasteiger partial charge >= 0.3 is 5.97 Å². The summed E-state index contributed by atoms with van der Waals surface area (Å²) in [5.74, 6) is -3.05. The van der Waals surface area contributed by atoms with Crippen molar-refractivity contribution in [3.63, 3.8) is 0 Å². The number of amides is 1. The monoisotopic (exact) mass is 367 g/mol. The molecule has 3 rings (SSSR count). The van der Waals surface area contributed by atoms with Gasteiger partial charge in [-0.3, -0.25) is 4.79 Å². The van der Waals surface area contributed by atoms with Crippen molar-refractivity contribution in [1.29, 1.82) is 0 Å². The van der Waals surface area contributed by atoms with Gasteiger partial charge in [0.1, 0.15) is 11.4 Å².